The van der Waals surface area contributed by atoms with Gasteiger partial charge in [0.15, 0.2) is 12.2 Å². The molecule has 7 heteroatoms. The number of hydrogen-bond acceptors (Lipinski definition) is 5. The summed E-state index contributed by atoms with van der Waals surface area (Å²) in [5, 5.41) is 5.96. The van der Waals surface area contributed by atoms with Gasteiger partial charge in [-0.2, -0.15) is 0 Å². The Morgan fingerprint density at radius 1 is 1.33 bits per heavy atom. The third-order valence-corrected chi connectivity index (χ3v) is 3.09. The molecule has 0 aliphatic carbocycles. The summed E-state index contributed by atoms with van der Waals surface area (Å²) in [5.41, 5.74) is 1.64. The van der Waals surface area contributed by atoms with E-state index >= 15 is 0 Å². The van der Waals surface area contributed by atoms with Gasteiger partial charge < -0.3 is 19.8 Å². The number of ether oxygens (including phenoxy) is 1. The number of aromatic nitrogens is 1. The van der Waals surface area contributed by atoms with Crippen molar-refractivity contribution in [1.29, 1.82) is 0 Å². The molecule has 1 atom stereocenters. The average molecular weight is 310 g/mol. The molecule has 1 fully saturated rings. The van der Waals surface area contributed by atoms with E-state index in [0.29, 0.717) is 18.9 Å². The van der Waals surface area contributed by atoms with Crippen LogP contribution in [0.25, 0.3) is 11.3 Å². The Labute approximate surface area is 128 Å². The van der Waals surface area contributed by atoms with Gasteiger partial charge in [0, 0.05) is 24.3 Å². The number of hydrogen-bond donors (Lipinski definition) is 2. The summed E-state index contributed by atoms with van der Waals surface area (Å²) in [4.78, 5) is 15.8. The van der Waals surface area contributed by atoms with Crippen LogP contribution < -0.4 is 10.6 Å². The fraction of sp³-hybridized carbons (Fsp3) is 0.286. The zero-order valence-corrected chi connectivity index (χ0v) is 12.1. The lowest BCUT2D eigenvalue weighted by molar-refractivity contribution is -0.128. The summed E-state index contributed by atoms with van der Waals surface area (Å²) in [6, 6.07) is 7.39. The maximum atomic E-state index is 12.0. The number of nitrogens with zero attached hydrogens (tertiary/aromatic N) is 1. The van der Waals surface area contributed by atoms with Crippen molar-refractivity contribution in [1.82, 2.24) is 10.3 Å². The van der Waals surface area contributed by atoms with E-state index in [-0.39, 0.29) is 18.3 Å². The fourth-order valence-corrected chi connectivity index (χ4v) is 2.03. The molecule has 0 bridgehead atoms. The normalized spacial score (nSPS) is 17.8. The van der Waals surface area contributed by atoms with Crippen LogP contribution in [-0.4, -0.2) is 36.7 Å². The Morgan fingerprint density at radius 2 is 2.14 bits per heavy atom. The highest BCUT2D eigenvalue weighted by atomic mass is 35.5. The van der Waals surface area contributed by atoms with E-state index in [1.54, 1.807) is 6.20 Å². The molecule has 1 aromatic heterocycles. The smallest absolute Gasteiger partial charge is 0.254 e. The fourth-order valence-electron chi connectivity index (χ4n) is 2.03. The van der Waals surface area contributed by atoms with Crippen LogP contribution in [-0.2, 0) is 9.53 Å². The van der Waals surface area contributed by atoms with Crippen LogP contribution in [0.5, 0.6) is 0 Å². The molecular weight excluding hydrogens is 294 g/mol. The third-order valence-electron chi connectivity index (χ3n) is 3.09. The van der Waals surface area contributed by atoms with E-state index in [4.69, 9.17) is 9.15 Å². The van der Waals surface area contributed by atoms with Crippen molar-refractivity contribution < 1.29 is 13.9 Å². The van der Waals surface area contributed by atoms with Gasteiger partial charge >= 0.3 is 0 Å². The minimum Gasteiger partial charge on any atom is -0.444 e. The van der Waals surface area contributed by atoms with Gasteiger partial charge in [-0.15, -0.1) is 12.4 Å². The number of carbonyl (C=O) groups excluding carboxylic acids is 1. The van der Waals surface area contributed by atoms with Crippen LogP contribution in [0.4, 0.5) is 5.69 Å². The van der Waals surface area contributed by atoms with Crippen molar-refractivity contribution in [2.24, 2.45) is 0 Å². The predicted molar refractivity (Wildman–Crippen MR) is 80.4 cm³/mol. The SMILES string of the molecule is Cl.O=C(Nc1ccc(-c2cnco2)cc1)C1CNCCO1. The van der Waals surface area contributed by atoms with Crippen molar-refractivity contribution in [3.05, 3.63) is 36.9 Å². The Morgan fingerprint density at radius 3 is 2.76 bits per heavy atom. The van der Waals surface area contributed by atoms with E-state index in [0.717, 1.165) is 17.8 Å². The lowest BCUT2D eigenvalue weighted by atomic mass is 10.1. The van der Waals surface area contributed by atoms with Crippen molar-refractivity contribution in [2.45, 2.75) is 6.10 Å². The molecule has 2 heterocycles. The lowest BCUT2D eigenvalue weighted by Gasteiger charge is -2.22. The molecule has 1 amide bonds. The molecule has 2 aromatic rings. The number of halogens is 1. The van der Waals surface area contributed by atoms with E-state index in [2.05, 4.69) is 15.6 Å². The molecule has 0 spiro atoms. The van der Waals surface area contributed by atoms with Crippen molar-refractivity contribution in [3.63, 3.8) is 0 Å². The van der Waals surface area contributed by atoms with Crippen molar-refractivity contribution in [2.75, 3.05) is 25.0 Å². The minimum atomic E-state index is -0.433. The molecule has 6 nitrogen and oxygen atoms in total. The molecule has 21 heavy (non-hydrogen) atoms. The molecule has 1 saturated heterocycles. The number of oxazole rings is 1. The number of morpholine rings is 1. The van der Waals surface area contributed by atoms with Crippen LogP contribution in [0, 0.1) is 0 Å². The maximum absolute atomic E-state index is 12.0. The van der Waals surface area contributed by atoms with E-state index in [9.17, 15) is 4.79 Å². The second-order valence-corrected chi connectivity index (χ2v) is 4.50. The third kappa shape index (κ3) is 3.81. The summed E-state index contributed by atoms with van der Waals surface area (Å²) in [6.07, 6.45) is 2.60. The molecule has 1 aliphatic heterocycles. The van der Waals surface area contributed by atoms with Gasteiger partial charge in [0.25, 0.3) is 5.91 Å². The molecular formula is C14H16ClN3O3. The van der Waals surface area contributed by atoms with Gasteiger partial charge in [-0.1, -0.05) is 0 Å². The first-order chi connectivity index (χ1) is 9.83. The monoisotopic (exact) mass is 309 g/mol. The highest BCUT2D eigenvalue weighted by molar-refractivity contribution is 5.94. The molecule has 1 unspecified atom stereocenters. The Hall–Kier alpha value is -1.89. The van der Waals surface area contributed by atoms with Gasteiger partial charge in [0.2, 0.25) is 0 Å². The van der Waals surface area contributed by atoms with Crippen LogP contribution in [0.15, 0.2) is 41.3 Å². The van der Waals surface area contributed by atoms with Gasteiger partial charge in [-0.05, 0) is 24.3 Å². The first-order valence-electron chi connectivity index (χ1n) is 6.45. The Balaban J connectivity index is 0.00000161. The zero-order chi connectivity index (χ0) is 13.8. The van der Waals surface area contributed by atoms with E-state index in [1.807, 2.05) is 24.3 Å². The topological polar surface area (TPSA) is 76.4 Å². The summed E-state index contributed by atoms with van der Waals surface area (Å²) in [6.45, 7) is 1.89. The quantitative estimate of drug-likeness (QED) is 0.902. The molecule has 112 valence electrons. The van der Waals surface area contributed by atoms with Gasteiger partial charge in [0.05, 0.1) is 12.8 Å². The van der Waals surface area contributed by atoms with Crippen molar-refractivity contribution >= 4 is 24.0 Å². The highest BCUT2D eigenvalue weighted by Gasteiger charge is 2.21. The molecule has 3 rings (SSSR count). The largest absolute Gasteiger partial charge is 0.444 e. The molecule has 0 radical (unpaired) electrons. The second kappa shape index (κ2) is 7.21. The number of rotatable bonds is 3. The van der Waals surface area contributed by atoms with Crippen LogP contribution in [0.3, 0.4) is 0 Å². The number of nitrogens with one attached hydrogen (secondary N) is 2. The van der Waals surface area contributed by atoms with Crippen LogP contribution >= 0.6 is 12.4 Å². The van der Waals surface area contributed by atoms with Crippen LogP contribution in [0.2, 0.25) is 0 Å². The number of carbonyl (C=O) groups is 1. The summed E-state index contributed by atoms with van der Waals surface area (Å²) in [5.74, 6) is 0.562. The van der Waals surface area contributed by atoms with Crippen LogP contribution in [0.1, 0.15) is 0 Å². The average Bonchev–Trinajstić information content (AvgIpc) is 3.03. The molecule has 2 N–H and O–H groups in total. The van der Waals surface area contributed by atoms with Gasteiger partial charge in [-0.3, -0.25) is 4.79 Å². The summed E-state index contributed by atoms with van der Waals surface area (Å²) < 4.78 is 10.6. The summed E-state index contributed by atoms with van der Waals surface area (Å²) in [7, 11) is 0. The lowest BCUT2D eigenvalue weighted by Crippen LogP contribution is -2.45. The van der Waals surface area contributed by atoms with Crippen molar-refractivity contribution in [3.8, 4) is 11.3 Å². The van der Waals surface area contributed by atoms with E-state index in [1.165, 1.54) is 6.39 Å². The predicted octanol–water partition coefficient (Wildman–Crippen LogP) is 1.69. The Kier molecular flexibility index (Phi) is 5.32. The second-order valence-electron chi connectivity index (χ2n) is 4.50. The Bertz CT molecular complexity index is 566. The van der Waals surface area contributed by atoms with Gasteiger partial charge in [0.1, 0.15) is 6.10 Å². The minimum absolute atomic E-state index is 0. The highest BCUT2D eigenvalue weighted by Crippen LogP contribution is 2.20. The molecule has 1 aromatic carbocycles. The first-order valence-corrected chi connectivity index (χ1v) is 6.45. The zero-order valence-electron chi connectivity index (χ0n) is 11.2. The maximum Gasteiger partial charge on any atom is 0.254 e. The molecule has 1 aliphatic rings. The number of benzene rings is 1. The number of amides is 1. The summed E-state index contributed by atoms with van der Waals surface area (Å²) >= 11 is 0. The number of anilines is 1. The first kappa shape index (κ1) is 15.5. The molecule has 0 saturated carbocycles. The van der Waals surface area contributed by atoms with Gasteiger partial charge in [-0.25, -0.2) is 4.98 Å². The van der Waals surface area contributed by atoms with E-state index < -0.39 is 6.10 Å². The standard InChI is InChI=1S/C14H15N3O3.ClH/c18-14(13-8-15-5-6-19-13)17-11-3-1-10(2-4-11)12-7-16-9-20-12;/h1-4,7,9,13,15H,5-6,8H2,(H,17,18);1H.